The number of carbonyl (C=O) groups excluding carboxylic acids is 1. The van der Waals surface area contributed by atoms with E-state index in [2.05, 4.69) is 25.5 Å². The highest BCUT2D eigenvalue weighted by Crippen LogP contribution is 2.27. The monoisotopic (exact) mass is 481 g/mol. The zero-order valence-corrected chi connectivity index (χ0v) is 18.4. The molecule has 0 unspecified atom stereocenters. The highest BCUT2D eigenvalue weighted by Gasteiger charge is 2.16. The smallest absolute Gasteiger partial charge is 0.276 e. The van der Waals surface area contributed by atoms with Crippen molar-refractivity contribution >= 4 is 50.9 Å². The van der Waals surface area contributed by atoms with Crippen molar-refractivity contribution in [2.45, 2.75) is 11.8 Å². The van der Waals surface area contributed by atoms with Gasteiger partial charge in [-0.15, -0.1) is 0 Å². The molecule has 0 bridgehead atoms. The largest absolute Gasteiger partial charge is 0.482 e. The Labute approximate surface area is 188 Å². The fourth-order valence-corrected chi connectivity index (χ4v) is 3.79. The number of sulfonamides is 1. The van der Waals surface area contributed by atoms with Gasteiger partial charge < -0.3 is 4.74 Å². The van der Waals surface area contributed by atoms with Gasteiger partial charge in [0.15, 0.2) is 6.61 Å². The molecule has 12 heteroatoms. The maximum absolute atomic E-state index is 12.4. The van der Waals surface area contributed by atoms with E-state index in [0.29, 0.717) is 16.5 Å². The van der Waals surface area contributed by atoms with Gasteiger partial charge in [0.1, 0.15) is 11.6 Å². The van der Waals surface area contributed by atoms with Gasteiger partial charge in [-0.25, -0.2) is 18.1 Å². The molecule has 2 aromatic carbocycles. The topological polar surface area (TPSA) is 122 Å². The minimum absolute atomic E-state index is 0.0703. The molecule has 162 valence electrons. The molecule has 0 aliphatic carbocycles. The summed E-state index contributed by atoms with van der Waals surface area (Å²) in [5.74, 6) is -0.189. The molecule has 3 N–H and O–H groups in total. The summed E-state index contributed by atoms with van der Waals surface area (Å²) in [6.45, 7) is 1.33. The van der Waals surface area contributed by atoms with Crippen molar-refractivity contribution in [3.63, 3.8) is 0 Å². The predicted octanol–water partition coefficient (Wildman–Crippen LogP) is 3.41. The van der Waals surface area contributed by atoms with E-state index in [1.807, 2.05) is 0 Å². The predicted molar refractivity (Wildman–Crippen MR) is 118 cm³/mol. The molecule has 3 rings (SSSR count). The molecule has 1 aromatic heterocycles. The molecule has 0 aliphatic rings. The standard InChI is InChI=1S/C19H17Cl2N5O4S/c1-12-9-17(23-19(22-12)26-31(28,29)14-5-3-2-4-6-14)24-25-18(27)11-30-16-8-7-13(20)10-15(16)21/h2-10H,11H2,1H3,(H,25,27)(H2,22,23,24,26). The number of carbonyl (C=O) groups is 1. The van der Waals surface area contributed by atoms with Crippen molar-refractivity contribution < 1.29 is 17.9 Å². The number of nitrogens with zero attached hydrogens (tertiary/aromatic N) is 2. The first-order valence-electron chi connectivity index (χ1n) is 8.79. The minimum atomic E-state index is -3.86. The second-order valence-electron chi connectivity index (χ2n) is 6.17. The van der Waals surface area contributed by atoms with Crippen LogP contribution in [0.15, 0.2) is 59.5 Å². The number of ether oxygens (including phenoxy) is 1. The van der Waals surface area contributed by atoms with E-state index in [-0.39, 0.29) is 28.3 Å². The Kier molecular flexibility index (Phi) is 7.16. The van der Waals surface area contributed by atoms with Crippen molar-refractivity contribution in [2.75, 3.05) is 16.8 Å². The molecule has 0 radical (unpaired) electrons. The Hall–Kier alpha value is -3.08. The molecular weight excluding hydrogens is 465 g/mol. The summed E-state index contributed by atoms with van der Waals surface area (Å²) in [5, 5.41) is 0.719. The zero-order chi connectivity index (χ0) is 22.4. The Morgan fingerprint density at radius 3 is 2.52 bits per heavy atom. The third kappa shape index (κ3) is 6.45. The number of halogens is 2. The van der Waals surface area contributed by atoms with Crippen LogP contribution < -0.4 is 20.3 Å². The number of amides is 1. The Morgan fingerprint density at radius 2 is 1.81 bits per heavy atom. The van der Waals surface area contributed by atoms with E-state index in [9.17, 15) is 13.2 Å². The van der Waals surface area contributed by atoms with Gasteiger partial charge in [-0.1, -0.05) is 41.4 Å². The number of rotatable bonds is 8. The fraction of sp³-hybridized carbons (Fsp3) is 0.105. The summed E-state index contributed by atoms with van der Waals surface area (Å²) >= 11 is 11.8. The number of aryl methyl sites for hydroxylation is 1. The van der Waals surface area contributed by atoms with Crippen molar-refractivity contribution in [2.24, 2.45) is 0 Å². The van der Waals surface area contributed by atoms with Gasteiger partial charge in [-0.05, 0) is 37.3 Å². The summed E-state index contributed by atoms with van der Waals surface area (Å²) in [6, 6.07) is 14.0. The molecule has 3 aromatic rings. The normalized spacial score (nSPS) is 10.9. The molecule has 1 heterocycles. The number of benzene rings is 2. The van der Waals surface area contributed by atoms with Gasteiger partial charge in [0, 0.05) is 16.8 Å². The molecule has 1 amide bonds. The van der Waals surface area contributed by atoms with Crippen LogP contribution in [0.3, 0.4) is 0 Å². The quantitative estimate of drug-likeness (QED) is 0.421. The molecule has 0 aliphatic heterocycles. The van der Waals surface area contributed by atoms with Crippen LogP contribution in [0.5, 0.6) is 5.75 Å². The summed E-state index contributed by atoms with van der Waals surface area (Å²) in [7, 11) is -3.86. The molecule has 0 spiro atoms. The average Bonchev–Trinajstić information content (AvgIpc) is 2.71. The van der Waals surface area contributed by atoms with Crippen LogP contribution in [0.25, 0.3) is 0 Å². The third-order valence-corrected chi connectivity index (χ3v) is 5.59. The Bertz CT molecular complexity index is 1190. The van der Waals surface area contributed by atoms with E-state index in [4.69, 9.17) is 27.9 Å². The van der Waals surface area contributed by atoms with Crippen LogP contribution in [0.1, 0.15) is 5.69 Å². The van der Waals surface area contributed by atoms with Crippen molar-refractivity contribution in [3.05, 3.63) is 70.3 Å². The zero-order valence-electron chi connectivity index (χ0n) is 16.1. The molecule has 0 saturated heterocycles. The lowest BCUT2D eigenvalue weighted by Crippen LogP contribution is -2.34. The minimum Gasteiger partial charge on any atom is -0.482 e. The van der Waals surface area contributed by atoms with Crippen molar-refractivity contribution in [1.82, 2.24) is 15.4 Å². The van der Waals surface area contributed by atoms with Crippen molar-refractivity contribution in [3.8, 4) is 5.75 Å². The summed E-state index contributed by atoms with van der Waals surface area (Å²) in [6.07, 6.45) is 0. The van der Waals surface area contributed by atoms with Gasteiger partial charge in [-0.3, -0.25) is 15.6 Å². The van der Waals surface area contributed by atoms with Crippen LogP contribution in [0.4, 0.5) is 11.8 Å². The average molecular weight is 482 g/mol. The number of hydrogen-bond acceptors (Lipinski definition) is 7. The summed E-state index contributed by atoms with van der Waals surface area (Å²) in [5.41, 5.74) is 5.46. The Morgan fingerprint density at radius 1 is 1.06 bits per heavy atom. The molecule has 31 heavy (non-hydrogen) atoms. The highest BCUT2D eigenvalue weighted by molar-refractivity contribution is 7.92. The molecule has 0 atom stereocenters. The van der Waals surface area contributed by atoms with Crippen LogP contribution in [-0.2, 0) is 14.8 Å². The SMILES string of the molecule is Cc1cc(NNC(=O)COc2ccc(Cl)cc2Cl)nc(NS(=O)(=O)c2ccccc2)n1. The molecular formula is C19H17Cl2N5O4S. The number of aromatic nitrogens is 2. The maximum Gasteiger partial charge on any atom is 0.276 e. The number of hydrogen-bond donors (Lipinski definition) is 3. The first-order chi connectivity index (χ1) is 14.7. The number of nitrogens with one attached hydrogen (secondary N) is 3. The number of anilines is 2. The van der Waals surface area contributed by atoms with E-state index in [1.165, 1.54) is 24.3 Å². The Balaban J connectivity index is 1.60. The van der Waals surface area contributed by atoms with Gasteiger partial charge in [0.05, 0.1) is 9.92 Å². The van der Waals surface area contributed by atoms with Gasteiger partial charge >= 0.3 is 0 Å². The van der Waals surface area contributed by atoms with E-state index < -0.39 is 15.9 Å². The second-order valence-corrected chi connectivity index (χ2v) is 8.70. The van der Waals surface area contributed by atoms with E-state index in [1.54, 1.807) is 37.3 Å². The lowest BCUT2D eigenvalue weighted by atomic mass is 10.3. The van der Waals surface area contributed by atoms with Gasteiger partial charge in [0.2, 0.25) is 5.95 Å². The van der Waals surface area contributed by atoms with E-state index in [0.717, 1.165) is 0 Å². The van der Waals surface area contributed by atoms with Crippen molar-refractivity contribution in [1.29, 1.82) is 0 Å². The van der Waals surface area contributed by atoms with Gasteiger partial charge in [0.25, 0.3) is 15.9 Å². The van der Waals surface area contributed by atoms with Crippen LogP contribution in [0, 0.1) is 6.92 Å². The van der Waals surface area contributed by atoms with Crippen LogP contribution >= 0.6 is 23.2 Å². The van der Waals surface area contributed by atoms with E-state index >= 15 is 0 Å². The first-order valence-corrected chi connectivity index (χ1v) is 11.0. The maximum atomic E-state index is 12.4. The molecule has 9 nitrogen and oxygen atoms in total. The summed E-state index contributed by atoms with van der Waals surface area (Å²) < 4.78 is 32.5. The van der Waals surface area contributed by atoms with Gasteiger partial charge in [-0.2, -0.15) is 4.98 Å². The molecule has 0 fully saturated rings. The lowest BCUT2D eigenvalue weighted by molar-refractivity contribution is -0.122. The first kappa shape index (κ1) is 22.6. The van der Waals surface area contributed by atoms with Crippen LogP contribution in [0.2, 0.25) is 10.0 Å². The summed E-state index contributed by atoms with van der Waals surface area (Å²) in [4.78, 5) is 20.2. The lowest BCUT2D eigenvalue weighted by Gasteiger charge is -2.12. The second kappa shape index (κ2) is 9.82. The van der Waals surface area contributed by atoms with Crippen LogP contribution in [-0.4, -0.2) is 30.9 Å². The third-order valence-electron chi connectivity index (χ3n) is 3.72. The molecule has 0 saturated carbocycles. The fourth-order valence-electron chi connectivity index (χ4n) is 2.36. The highest BCUT2D eigenvalue weighted by atomic mass is 35.5. The number of hydrazine groups is 1.